The highest BCUT2D eigenvalue weighted by Crippen LogP contribution is 2.22. The number of hydrogen-bond donors (Lipinski definition) is 2. The van der Waals surface area contributed by atoms with E-state index in [1.165, 1.54) is 5.39 Å². The van der Waals surface area contributed by atoms with Crippen molar-refractivity contribution in [3.8, 4) is 11.4 Å². The molecule has 4 nitrogen and oxygen atoms in total. The van der Waals surface area contributed by atoms with Gasteiger partial charge in [-0.3, -0.25) is 4.79 Å². The Morgan fingerprint density at radius 1 is 1.05 bits per heavy atom. The molecule has 0 saturated heterocycles. The van der Waals surface area contributed by atoms with Gasteiger partial charge in [0.25, 0.3) is 5.56 Å². The van der Waals surface area contributed by atoms with E-state index in [9.17, 15) is 4.79 Å². The van der Waals surface area contributed by atoms with E-state index in [-0.39, 0.29) is 5.56 Å². The van der Waals surface area contributed by atoms with E-state index in [1.807, 2.05) is 18.2 Å². The summed E-state index contributed by atoms with van der Waals surface area (Å²) in [4.78, 5) is 19.8. The maximum Gasteiger partial charge on any atom is 0.255 e. The van der Waals surface area contributed by atoms with Gasteiger partial charge in [-0.15, -0.1) is 0 Å². The van der Waals surface area contributed by atoms with Gasteiger partial charge in [-0.1, -0.05) is 36.4 Å². The smallest absolute Gasteiger partial charge is 0.255 e. The number of rotatable bonds is 1. The van der Waals surface area contributed by atoms with Crippen LogP contribution in [0.2, 0.25) is 0 Å². The standard InChI is InChI=1S/C17H15N3O/c21-17-14-10-18-8-7-15(14)19-16(20-17)13-6-5-11-3-1-2-4-12(11)9-13/h1-6,9,18H,7-8,10H2,(H,19,20,21). The Morgan fingerprint density at radius 2 is 1.90 bits per heavy atom. The van der Waals surface area contributed by atoms with Crippen molar-refractivity contribution < 1.29 is 0 Å². The van der Waals surface area contributed by atoms with Crippen molar-refractivity contribution in [1.82, 2.24) is 15.3 Å². The van der Waals surface area contributed by atoms with Crippen LogP contribution in [0.4, 0.5) is 0 Å². The summed E-state index contributed by atoms with van der Waals surface area (Å²) in [6.45, 7) is 1.48. The lowest BCUT2D eigenvalue weighted by Crippen LogP contribution is -2.31. The Morgan fingerprint density at radius 3 is 2.81 bits per heavy atom. The number of nitrogens with one attached hydrogen (secondary N) is 2. The van der Waals surface area contributed by atoms with Crippen LogP contribution in [-0.2, 0) is 13.0 Å². The summed E-state index contributed by atoms with van der Waals surface area (Å²) in [5.74, 6) is 0.659. The van der Waals surface area contributed by atoms with Crippen molar-refractivity contribution in [2.24, 2.45) is 0 Å². The van der Waals surface area contributed by atoms with Crippen molar-refractivity contribution in [2.45, 2.75) is 13.0 Å². The van der Waals surface area contributed by atoms with Crippen molar-refractivity contribution in [1.29, 1.82) is 0 Å². The van der Waals surface area contributed by atoms with Crippen molar-refractivity contribution >= 4 is 10.8 Å². The minimum atomic E-state index is -0.0321. The molecule has 0 spiro atoms. The van der Waals surface area contributed by atoms with Crippen LogP contribution in [0.3, 0.4) is 0 Å². The fourth-order valence-electron chi connectivity index (χ4n) is 2.83. The Hall–Kier alpha value is -2.46. The van der Waals surface area contributed by atoms with E-state index in [1.54, 1.807) is 0 Å². The molecule has 0 fully saturated rings. The first kappa shape index (κ1) is 12.3. The number of fused-ring (bicyclic) bond motifs is 2. The highest BCUT2D eigenvalue weighted by molar-refractivity contribution is 5.86. The molecule has 0 aliphatic carbocycles. The van der Waals surface area contributed by atoms with Gasteiger partial charge in [-0.25, -0.2) is 4.98 Å². The molecule has 1 aliphatic rings. The van der Waals surface area contributed by atoms with E-state index in [4.69, 9.17) is 0 Å². The average Bonchev–Trinajstić information content (AvgIpc) is 2.54. The summed E-state index contributed by atoms with van der Waals surface area (Å²) in [5.41, 5.74) is 2.61. The van der Waals surface area contributed by atoms with Crippen molar-refractivity contribution in [2.75, 3.05) is 6.54 Å². The SMILES string of the molecule is O=c1[nH]c(-c2ccc3ccccc3c2)nc2c1CNCC2. The van der Waals surface area contributed by atoms with Gasteiger partial charge in [0.05, 0.1) is 11.3 Å². The van der Waals surface area contributed by atoms with Crippen LogP contribution < -0.4 is 10.9 Å². The minimum absolute atomic E-state index is 0.0321. The first-order valence-corrected chi connectivity index (χ1v) is 7.13. The Kier molecular flexibility index (Phi) is 2.82. The molecule has 4 heteroatoms. The number of nitrogens with zero attached hydrogens (tertiary/aromatic N) is 1. The zero-order valence-corrected chi connectivity index (χ0v) is 11.5. The van der Waals surface area contributed by atoms with Gasteiger partial charge in [0.15, 0.2) is 0 Å². The molecule has 2 N–H and O–H groups in total. The highest BCUT2D eigenvalue weighted by Gasteiger charge is 2.15. The third-order valence-electron chi connectivity index (χ3n) is 3.96. The summed E-state index contributed by atoms with van der Waals surface area (Å²) >= 11 is 0. The molecular formula is C17H15N3O. The zero-order chi connectivity index (χ0) is 14.2. The maximum absolute atomic E-state index is 12.2. The van der Waals surface area contributed by atoms with E-state index in [2.05, 4.69) is 39.6 Å². The van der Waals surface area contributed by atoms with E-state index in [0.717, 1.165) is 35.2 Å². The molecule has 1 aromatic heterocycles. The molecule has 1 aliphatic heterocycles. The first-order valence-electron chi connectivity index (χ1n) is 7.13. The summed E-state index contributed by atoms with van der Waals surface area (Å²) in [7, 11) is 0. The number of aromatic nitrogens is 2. The van der Waals surface area contributed by atoms with Gasteiger partial charge in [0.2, 0.25) is 0 Å². The quantitative estimate of drug-likeness (QED) is 0.717. The van der Waals surface area contributed by atoms with Crippen LogP contribution in [0.15, 0.2) is 47.3 Å². The lowest BCUT2D eigenvalue weighted by molar-refractivity contribution is 0.621. The molecule has 0 bridgehead atoms. The van der Waals surface area contributed by atoms with Gasteiger partial charge in [0, 0.05) is 25.1 Å². The third-order valence-corrected chi connectivity index (χ3v) is 3.96. The lowest BCUT2D eigenvalue weighted by Gasteiger charge is -2.16. The molecule has 0 amide bonds. The number of H-pyrrole nitrogens is 1. The molecule has 0 radical (unpaired) electrons. The summed E-state index contributed by atoms with van der Waals surface area (Å²) in [6.07, 6.45) is 0.805. The van der Waals surface area contributed by atoms with Crippen LogP contribution in [0.1, 0.15) is 11.3 Å². The molecule has 104 valence electrons. The van der Waals surface area contributed by atoms with Crippen molar-refractivity contribution in [3.63, 3.8) is 0 Å². The number of aromatic amines is 1. The van der Waals surface area contributed by atoms with Gasteiger partial charge in [-0.2, -0.15) is 0 Å². The molecule has 2 heterocycles. The second-order valence-corrected chi connectivity index (χ2v) is 5.33. The number of hydrogen-bond acceptors (Lipinski definition) is 3. The molecule has 0 atom stereocenters. The molecular weight excluding hydrogens is 262 g/mol. The topological polar surface area (TPSA) is 57.8 Å². The monoisotopic (exact) mass is 277 g/mol. The zero-order valence-electron chi connectivity index (χ0n) is 11.5. The minimum Gasteiger partial charge on any atom is -0.312 e. The Bertz CT molecular complexity index is 883. The average molecular weight is 277 g/mol. The van der Waals surface area contributed by atoms with Crippen LogP contribution in [0.25, 0.3) is 22.2 Å². The largest absolute Gasteiger partial charge is 0.312 e. The fraction of sp³-hybridized carbons (Fsp3) is 0.176. The summed E-state index contributed by atoms with van der Waals surface area (Å²) in [5, 5.41) is 5.54. The summed E-state index contributed by atoms with van der Waals surface area (Å²) in [6, 6.07) is 14.3. The van der Waals surface area contributed by atoms with Crippen LogP contribution in [-0.4, -0.2) is 16.5 Å². The lowest BCUT2D eigenvalue weighted by atomic mass is 10.1. The Labute approximate surface area is 121 Å². The van der Waals surface area contributed by atoms with E-state index in [0.29, 0.717) is 12.4 Å². The van der Waals surface area contributed by atoms with Gasteiger partial charge >= 0.3 is 0 Å². The normalized spacial score (nSPS) is 14.1. The number of benzene rings is 2. The van der Waals surface area contributed by atoms with Crippen molar-refractivity contribution in [3.05, 3.63) is 64.1 Å². The van der Waals surface area contributed by atoms with E-state index >= 15 is 0 Å². The van der Waals surface area contributed by atoms with Crippen LogP contribution >= 0.6 is 0 Å². The molecule has 4 rings (SSSR count). The third kappa shape index (κ3) is 2.14. The molecule has 0 saturated carbocycles. The highest BCUT2D eigenvalue weighted by atomic mass is 16.1. The van der Waals surface area contributed by atoms with Gasteiger partial charge < -0.3 is 10.3 Å². The molecule has 21 heavy (non-hydrogen) atoms. The second-order valence-electron chi connectivity index (χ2n) is 5.33. The maximum atomic E-state index is 12.2. The molecule has 2 aromatic carbocycles. The van der Waals surface area contributed by atoms with E-state index < -0.39 is 0 Å². The fourth-order valence-corrected chi connectivity index (χ4v) is 2.83. The first-order chi connectivity index (χ1) is 10.3. The second kappa shape index (κ2) is 4.82. The predicted octanol–water partition coefficient (Wildman–Crippen LogP) is 2.24. The van der Waals surface area contributed by atoms with Crippen LogP contribution in [0, 0.1) is 0 Å². The van der Waals surface area contributed by atoms with Crippen LogP contribution in [0.5, 0.6) is 0 Å². The van der Waals surface area contributed by atoms with Gasteiger partial charge in [0.1, 0.15) is 5.82 Å². The Balaban J connectivity index is 1.88. The predicted molar refractivity (Wildman–Crippen MR) is 83.2 cm³/mol. The summed E-state index contributed by atoms with van der Waals surface area (Å²) < 4.78 is 0. The molecule has 3 aromatic rings. The molecule has 0 unspecified atom stereocenters. The van der Waals surface area contributed by atoms with Gasteiger partial charge in [-0.05, 0) is 16.8 Å².